The monoisotopic (exact) mass is 393 g/mol. The lowest BCUT2D eigenvalue weighted by atomic mass is 10.1. The molecule has 1 aliphatic rings. The van der Waals surface area contributed by atoms with Crippen LogP contribution in [0.4, 0.5) is 11.4 Å². The van der Waals surface area contributed by atoms with E-state index in [0.29, 0.717) is 16.3 Å². The minimum Gasteiger partial charge on any atom is -0.345 e. The molecule has 0 aromatic heterocycles. The summed E-state index contributed by atoms with van der Waals surface area (Å²) < 4.78 is 27.9. The predicted octanol–water partition coefficient (Wildman–Crippen LogP) is 2.34. The number of fused-ring (bicyclic) bond motifs is 1. The van der Waals surface area contributed by atoms with E-state index in [9.17, 15) is 18.0 Å². The van der Waals surface area contributed by atoms with Gasteiger partial charge in [0.2, 0.25) is 5.91 Å². The highest BCUT2D eigenvalue weighted by atomic mass is 35.5. The lowest BCUT2D eigenvalue weighted by Crippen LogP contribution is -2.24. The summed E-state index contributed by atoms with van der Waals surface area (Å²) in [4.78, 5) is 25.1. The number of hydrogen-bond acceptors (Lipinski definition) is 4. The van der Waals surface area contributed by atoms with Crippen LogP contribution in [0.2, 0.25) is 5.02 Å². The van der Waals surface area contributed by atoms with Gasteiger partial charge in [-0.2, -0.15) is 0 Å². The first-order chi connectivity index (χ1) is 12.2. The molecule has 0 aliphatic carbocycles. The van der Waals surface area contributed by atoms with Crippen LogP contribution in [0.1, 0.15) is 15.9 Å². The lowest BCUT2D eigenvalue weighted by molar-refractivity contribution is -0.115. The summed E-state index contributed by atoms with van der Waals surface area (Å²) in [6, 6.07) is 8.74. The molecule has 2 aromatic rings. The van der Waals surface area contributed by atoms with Crippen LogP contribution in [-0.2, 0) is 21.2 Å². The van der Waals surface area contributed by atoms with E-state index in [4.69, 9.17) is 11.6 Å². The molecule has 0 radical (unpaired) electrons. The number of hydrogen-bond donors (Lipinski definition) is 2. The molecule has 2 amide bonds. The normalized spacial score (nSPS) is 13.1. The van der Waals surface area contributed by atoms with Gasteiger partial charge in [0.15, 0.2) is 0 Å². The number of nitrogens with zero attached hydrogens (tertiary/aromatic N) is 1. The first kappa shape index (κ1) is 18.2. The molecule has 0 atom stereocenters. The molecule has 2 N–H and O–H groups in total. The van der Waals surface area contributed by atoms with Crippen molar-refractivity contribution in [2.24, 2.45) is 0 Å². The first-order valence-corrected chi connectivity index (χ1v) is 9.50. The Morgan fingerprint density at radius 1 is 1.19 bits per heavy atom. The first-order valence-electron chi connectivity index (χ1n) is 7.64. The summed E-state index contributed by atoms with van der Waals surface area (Å²) in [5.74, 6) is -0.542. The maximum Gasteiger partial charge on any atom is 0.261 e. The van der Waals surface area contributed by atoms with Crippen molar-refractivity contribution in [1.82, 2.24) is 4.90 Å². The molecular formula is C17H16ClN3O4S. The topological polar surface area (TPSA) is 95.6 Å². The summed E-state index contributed by atoms with van der Waals surface area (Å²) in [7, 11) is -0.831. The van der Waals surface area contributed by atoms with Gasteiger partial charge in [0, 0.05) is 24.8 Å². The van der Waals surface area contributed by atoms with E-state index in [1.54, 1.807) is 20.2 Å². The van der Waals surface area contributed by atoms with Crippen molar-refractivity contribution in [2.45, 2.75) is 11.3 Å². The zero-order valence-corrected chi connectivity index (χ0v) is 15.6. The fourth-order valence-corrected chi connectivity index (χ4v) is 3.90. The molecule has 3 rings (SSSR count). The second-order valence-electron chi connectivity index (χ2n) is 6.04. The molecule has 7 nitrogen and oxygen atoms in total. The van der Waals surface area contributed by atoms with Crippen LogP contribution < -0.4 is 10.0 Å². The highest BCUT2D eigenvalue weighted by Gasteiger charge is 2.24. The van der Waals surface area contributed by atoms with Crippen molar-refractivity contribution in [3.05, 3.63) is 52.5 Å². The zero-order valence-electron chi connectivity index (χ0n) is 14.0. The maximum absolute atomic E-state index is 12.8. The second-order valence-corrected chi connectivity index (χ2v) is 8.16. The van der Waals surface area contributed by atoms with Gasteiger partial charge in [-0.3, -0.25) is 14.3 Å². The third-order valence-electron chi connectivity index (χ3n) is 3.87. The van der Waals surface area contributed by atoms with Gasteiger partial charge < -0.3 is 10.2 Å². The van der Waals surface area contributed by atoms with Gasteiger partial charge in [0.25, 0.3) is 15.9 Å². The third kappa shape index (κ3) is 3.51. The lowest BCUT2D eigenvalue weighted by Gasteiger charge is -2.16. The Morgan fingerprint density at radius 2 is 1.92 bits per heavy atom. The van der Waals surface area contributed by atoms with E-state index in [1.165, 1.54) is 35.2 Å². The van der Waals surface area contributed by atoms with Crippen LogP contribution in [0, 0.1) is 0 Å². The zero-order chi connectivity index (χ0) is 19.1. The molecule has 0 saturated carbocycles. The molecule has 0 fully saturated rings. The van der Waals surface area contributed by atoms with Gasteiger partial charge in [-0.1, -0.05) is 11.6 Å². The molecule has 136 valence electrons. The van der Waals surface area contributed by atoms with E-state index >= 15 is 0 Å². The minimum absolute atomic E-state index is 0.00372. The van der Waals surface area contributed by atoms with E-state index in [-0.39, 0.29) is 34.4 Å². The predicted molar refractivity (Wildman–Crippen MR) is 99.1 cm³/mol. The van der Waals surface area contributed by atoms with Crippen LogP contribution in [0.5, 0.6) is 0 Å². The van der Waals surface area contributed by atoms with Gasteiger partial charge in [-0.15, -0.1) is 0 Å². The van der Waals surface area contributed by atoms with Gasteiger partial charge in [-0.25, -0.2) is 8.42 Å². The number of benzene rings is 2. The summed E-state index contributed by atoms with van der Waals surface area (Å²) in [5.41, 5.74) is 1.47. The standard InChI is InChI=1S/C17H16ClN3O4S/c1-21(2)17(23)13-5-3-11(18)9-15(13)20-26(24,25)12-4-6-14-10(7-12)8-16(22)19-14/h3-7,9,20H,8H2,1-2H3,(H,19,22). The summed E-state index contributed by atoms with van der Waals surface area (Å²) >= 11 is 5.96. The molecule has 2 aromatic carbocycles. The van der Waals surface area contributed by atoms with Crippen LogP contribution in [-0.4, -0.2) is 39.2 Å². The third-order valence-corrected chi connectivity index (χ3v) is 5.47. The van der Waals surface area contributed by atoms with Crippen molar-refractivity contribution in [3.8, 4) is 0 Å². The quantitative estimate of drug-likeness (QED) is 0.833. The highest BCUT2D eigenvalue weighted by Crippen LogP contribution is 2.28. The molecule has 1 aliphatic heterocycles. The van der Waals surface area contributed by atoms with Crippen LogP contribution in [0.15, 0.2) is 41.3 Å². The fraction of sp³-hybridized carbons (Fsp3) is 0.176. The van der Waals surface area contributed by atoms with Gasteiger partial charge in [0.1, 0.15) is 0 Å². The summed E-state index contributed by atoms with van der Waals surface area (Å²) in [6.45, 7) is 0. The number of sulfonamides is 1. The molecular weight excluding hydrogens is 378 g/mol. The summed E-state index contributed by atoms with van der Waals surface area (Å²) in [5, 5.41) is 2.94. The molecule has 1 heterocycles. The van der Waals surface area contributed by atoms with Gasteiger partial charge in [0.05, 0.1) is 22.6 Å². The van der Waals surface area contributed by atoms with E-state index in [1.807, 2.05) is 0 Å². The number of carbonyl (C=O) groups is 2. The fourth-order valence-electron chi connectivity index (χ4n) is 2.60. The second kappa shape index (κ2) is 6.62. The van der Waals surface area contributed by atoms with Crippen LogP contribution >= 0.6 is 11.6 Å². The Kier molecular flexibility index (Phi) is 4.64. The smallest absolute Gasteiger partial charge is 0.261 e. The van der Waals surface area contributed by atoms with Crippen molar-refractivity contribution in [1.29, 1.82) is 0 Å². The van der Waals surface area contributed by atoms with E-state index < -0.39 is 10.0 Å². The molecule has 26 heavy (non-hydrogen) atoms. The van der Waals surface area contributed by atoms with Crippen LogP contribution in [0.3, 0.4) is 0 Å². The Bertz CT molecular complexity index is 1020. The van der Waals surface area contributed by atoms with E-state index in [2.05, 4.69) is 10.0 Å². The van der Waals surface area contributed by atoms with E-state index in [0.717, 1.165) is 0 Å². The number of anilines is 2. The van der Waals surface area contributed by atoms with Gasteiger partial charge >= 0.3 is 0 Å². The SMILES string of the molecule is CN(C)C(=O)c1ccc(Cl)cc1NS(=O)(=O)c1ccc2c(c1)CC(=O)N2. The average Bonchev–Trinajstić information content (AvgIpc) is 2.93. The van der Waals surface area contributed by atoms with Gasteiger partial charge in [-0.05, 0) is 42.0 Å². The van der Waals surface area contributed by atoms with Crippen molar-refractivity contribution < 1.29 is 18.0 Å². The number of amides is 2. The van der Waals surface area contributed by atoms with Crippen molar-refractivity contribution in [3.63, 3.8) is 0 Å². The molecule has 9 heteroatoms. The Morgan fingerprint density at radius 3 is 2.62 bits per heavy atom. The summed E-state index contributed by atoms with van der Waals surface area (Å²) in [6.07, 6.45) is 0.125. The highest BCUT2D eigenvalue weighted by molar-refractivity contribution is 7.92. The molecule has 0 spiro atoms. The maximum atomic E-state index is 12.8. The molecule has 0 bridgehead atoms. The number of rotatable bonds is 4. The van der Waals surface area contributed by atoms with Crippen molar-refractivity contribution >= 4 is 44.8 Å². The molecule has 0 saturated heterocycles. The van der Waals surface area contributed by atoms with Crippen LogP contribution in [0.25, 0.3) is 0 Å². The Balaban J connectivity index is 1.98. The number of halogens is 1. The number of nitrogens with one attached hydrogen (secondary N) is 2. The Hall–Kier alpha value is -2.58. The average molecular weight is 394 g/mol. The van der Waals surface area contributed by atoms with Crippen molar-refractivity contribution in [2.75, 3.05) is 24.1 Å². The number of carbonyl (C=O) groups excluding carboxylic acids is 2. The Labute approximate surface area is 156 Å². The minimum atomic E-state index is -3.97. The molecule has 0 unspecified atom stereocenters. The largest absolute Gasteiger partial charge is 0.345 e.